The van der Waals surface area contributed by atoms with Crippen LogP contribution in [0.3, 0.4) is 0 Å². The lowest BCUT2D eigenvalue weighted by molar-refractivity contribution is -0.126. The molecule has 1 aliphatic rings. The van der Waals surface area contributed by atoms with Gasteiger partial charge in [-0.05, 0) is 58.8 Å². The van der Waals surface area contributed by atoms with E-state index in [2.05, 4.69) is 41.6 Å². The highest BCUT2D eigenvalue weighted by Crippen LogP contribution is 2.19. The number of piperidine rings is 1. The molecule has 1 aromatic carbocycles. The number of likely N-dealkylation sites (tertiary alicyclic amines) is 1. The second-order valence-electron chi connectivity index (χ2n) is 7.21. The van der Waals surface area contributed by atoms with Gasteiger partial charge in [0.05, 0.1) is 11.0 Å². The van der Waals surface area contributed by atoms with Crippen LogP contribution in [-0.4, -0.2) is 46.0 Å². The predicted molar refractivity (Wildman–Crippen MR) is 102 cm³/mol. The van der Waals surface area contributed by atoms with Gasteiger partial charge < -0.3 is 14.8 Å². The van der Waals surface area contributed by atoms with E-state index in [0.29, 0.717) is 12.6 Å². The Bertz CT molecular complexity index is 714. The van der Waals surface area contributed by atoms with Crippen LogP contribution in [0, 0.1) is 5.92 Å². The largest absolute Gasteiger partial charge is 0.355 e. The zero-order valence-corrected chi connectivity index (χ0v) is 15.7. The molecule has 25 heavy (non-hydrogen) atoms. The van der Waals surface area contributed by atoms with Gasteiger partial charge in [-0.2, -0.15) is 0 Å². The molecule has 1 aromatic heterocycles. The highest BCUT2D eigenvalue weighted by Gasteiger charge is 2.25. The number of carbonyl (C=O) groups excluding carboxylic acids is 1. The molecule has 2 aromatic rings. The maximum absolute atomic E-state index is 12.4. The van der Waals surface area contributed by atoms with Crippen molar-refractivity contribution in [1.82, 2.24) is 19.8 Å². The lowest BCUT2D eigenvalue weighted by Gasteiger charge is -2.33. The normalized spacial score (nSPS) is 16.6. The van der Waals surface area contributed by atoms with Crippen LogP contribution < -0.4 is 5.32 Å². The molecule has 1 N–H and O–H groups in total. The quantitative estimate of drug-likeness (QED) is 0.878. The van der Waals surface area contributed by atoms with E-state index in [1.807, 2.05) is 18.2 Å². The molecule has 2 heterocycles. The number of imidazole rings is 1. The lowest BCUT2D eigenvalue weighted by atomic mass is 9.95. The molecule has 1 amide bonds. The average Bonchev–Trinajstić information content (AvgIpc) is 2.99. The Morgan fingerprint density at radius 1 is 1.28 bits per heavy atom. The number of benzene rings is 1. The molecule has 3 rings (SSSR count). The second kappa shape index (κ2) is 8.00. The number of aryl methyl sites for hydroxylation is 1. The van der Waals surface area contributed by atoms with Crippen LogP contribution in [0.1, 0.15) is 39.4 Å². The van der Waals surface area contributed by atoms with E-state index in [-0.39, 0.29) is 11.8 Å². The zero-order chi connectivity index (χ0) is 17.8. The third-order valence-electron chi connectivity index (χ3n) is 5.33. The van der Waals surface area contributed by atoms with Crippen LogP contribution in [0.4, 0.5) is 0 Å². The van der Waals surface area contributed by atoms with Gasteiger partial charge in [0.15, 0.2) is 0 Å². The minimum absolute atomic E-state index is 0.167. The van der Waals surface area contributed by atoms with Gasteiger partial charge in [-0.3, -0.25) is 4.79 Å². The summed E-state index contributed by atoms with van der Waals surface area (Å²) in [6.45, 7) is 10.2. The number of carbonyl (C=O) groups is 1. The minimum atomic E-state index is 0.167. The van der Waals surface area contributed by atoms with E-state index >= 15 is 0 Å². The van der Waals surface area contributed by atoms with Crippen LogP contribution in [0.2, 0.25) is 0 Å². The molecule has 1 saturated heterocycles. The first-order chi connectivity index (χ1) is 12.1. The number of rotatable bonds is 6. The molecule has 0 bridgehead atoms. The summed E-state index contributed by atoms with van der Waals surface area (Å²) < 4.78 is 2.24. The van der Waals surface area contributed by atoms with Gasteiger partial charge in [0.25, 0.3) is 0 Å². The van der Waals surface area contributed by atoms with Crippen molar-refractivity contribution in [2.45, 2.75) is 52.6 Å². The molecule has 1 fully saturated rings. The molecule has 136 valence electrons. The van der Waals surface area contributed by atoms with Gasteiger partial charge >= 0.3 is 0 Å². The summed E-state index contributed by atoms with van der Waals surface area (Å²) in [4.78, 5) is 19.6. The van der Waals surface area contributed by atoms with Crippen molar-refractivity contribution in [2.24, 2.45) is 5.92 Å². The molecule has 0 unspecified atom stereocenters. The number of aromatic nitrogens is 2. The Morgan fingerprint density at radius 2 is 2.00 bits per heavy atom. The zero-order valence-electron chi connectivity index (χ0n) is 15.7. The second-order valence-corrected chi connectivity index (χ2v) is 7.21. The maximum atomic E-state index is 12.4. The van der Waals surface area contributed by atoms with Crippen molar-refractivity contribution < 1.29 is 4.79 Å². The van der Waals surface area contributed by atoms with Gasteiger partial charge in [0, 0.05) is 31.5 Å². The lowest BCUT2D eigenvalue weighted by Crippen LogP contribution is -2.43. The summed E-state index contributed by atoms with van der Waals surface area (Å²) >= 11 is 0. The van der Waals surface area contributed by atoms with E-state index in [4.69, 9.17) is 4.98 Å². The van der Waals surface area contributed by atoms with Gasteiger partial charge in [0.1, 0.15) is 5.82 Å². The first kappa shape index (κ1) is 17.9. The Hall–Kier alpha value is -1.88. The Balaban J connectivity index is 1.52. The van der Waals surface area contributed by atoms with Crippen LogP contribution >= 0.6 is 0 Å². The molecular weight excluding hydrogens is 312 g/mol. The summed E-state index contributed by atoms with van der Waals surface area (Å²) in [6.07, 6.45) is 2.72. The third-order valence-corrected chi connectivity index (χ3v) is 5.33. The molecule has 5 heteroatoms. The molecule has 0 radical (unpaired) electrons. The van der Waals surface area contributed by atoms with Crippen molar-refractivity contribution in [1.29, 1.82) is 0 Å². The predicted octanol–water partition coefficient (Wildman–Crippen LogP) is 2.84. The van der Waals surface area contributed by atoms with Gasteiger partial charge in [-0.25, -0.2) is 4.98 Å². The number of hydrogen-bond donors (Lipinski definition) is 1. The fraction of sp³-hybridized carbons (Fsp3) is 0.600. The maximum Gasteiger partial charge on any atom is 0.223 e. The fourth-order valence-corrected chi connectivity index (χ4v) is 3.79. The number of para-hydroxylation sites is 2. The van der Waals surface area contributed by atoms with Gasteiger partial charge in [-0.1, -0.05) is 12.1 Å². The molecule has 0 spiro atoms. The fourth-order valence-electron chi connectivity index (χ4n) is 3.79. The molecule has 1 aliphatic heterocycles. The monoisotopic (exact) mass is 342 g/mol. The average molecular weight is 342 g/mol. The topological polar surface area (TPSA) is 50.2 Å². The highest BCUT2D eigenvalue weighted by molar-refractivity contribution is 5.79. The number of hydrogen-bond acceptors (Lipinski definition) is 3. The van der Waals surface area contributed by atoms with E-state index < -0.39 is 0 Å². The smallest absolute Gasteiger partial charge is 0.223 e. The van der Waals surface area contributed by atoms with E-state index in [9.17, 15) is 4.79 Å². The minimum Gasteiger partial charge on any atom is -0.355 e. The van der Waals surface area contributed by atoms with Gasteiger partial charge in [-0.15, -0.1) is 0 Å². The van der Waals surface area contributed by atoms with Crippen LogP contribution in [-0.2, 0) is 17.8 Å². The van der Waals surface area contributed by atoms with Crippen molar-refractivity contribution in [3.05, 3.63) is 30.1 Å². The molecular formula is C20H30N4O. The van der Waals surface area contributed by atoms with Crippen molar-refractivity contribution in [3.63, 3.8) is 0 Å². The number of nitrogens with zero attached hydrogens (tertiary/aromatic N) is 3. The Kier molecular flexibility index (Phi) is 5.74. The van der Waals surface area contributed by atoms with Crippen molar-refractivity contribution >= 4 is 16.9 Å². The summed E-state index contributed by atoms with van der Waals surface area (Å²) in [5.41, 5.74) is 2.21. The summed E-state index contributed by atoms with van der Waals surface area (Å²) in [7, 11) is 0. The van der Waals surface area contributed by atoms with Crippen molar-refractivity contribution in [2.75, 3.05) is 19.6 Å². The van der Waals surface area contributed by atoms with E-state index in [0.717, 1.165) is 50.2 Å². The molecule has 5 nitrogen and oxygen atoms in total. The van der Waals surface area contributed by atoms with Gasteiger partial charge in [0.2, 0.25) is 5.91 Å². The van der Waals surface area contributed by atoms with Crippen LogP contribution in [0.5, 0.6) is 0 Å². The van der Waals surface area contributed by atoms with Crippen LogP contribution in [0.15, 0.2) is 24.3 Å². The molecule has 0 saturated carbocycles. The third kappa shape index (κ3) is 4.03. The first-order valence-electron chi connectivity index (χ1n) is 9.56. The number of amides is 1. The standard InChI is InChI=1S/C20H30N4O/c1-4-24-18-8-6-5-7-17(18)22-19(24)9-12-21-20(25)16-10-13-23(14-11-16)15(2)3/h5-8,15-16H,4,9-14H2,1-3H3,(H,21,25). The SMILES string of the molecule is CCn1c(CCNC(=O)C2CCN(C(C)C)CC2)nc2ccccc21. The first-order valence-corrected chi connectivity index (χ1v) is 9.56. The van der Waals surface area contributed by atoms with Crippen molar-refractivity contribution in [3.8, 4) is 0 Å². The molecule has 0 atom stereocenters. The number of nitrogens with one attached hydrogen (secondary N) is 1. The summed E-state index contributed by atoms with van der Waals surface area (Å²) in [5, 5.41) is 3.13. The summed E-state index contributed by atoms with van der Waals surface area (Å²) in [5.74, 6) is 1.43. The van der Waals surface area contributed by atoms with E-state index in [1.54, 1.807) is 0 Å². The van der Waals surface area contributed by atoms with E-state index in [1.165, 1.54) is 5.52 Å². The number of fused-ring (bicyclic) bond motifs is 1. The Morgan fingerprint density at radius 3 is 2.68 bits per heavy atom. The Labute approximate surface area is 150 Å². The highest BCUT2D eigenvalue weighted by atomic mass is 16.1. The summed E-state index contributed by atoms with van der Waals surface area (Å²) in [6, 6.07) is 8.80. The van der Waals surface area contributed by atoms with Crippen LogP contribution in [0.25, 0.3) is 11.0 Å². The molecule has 0 aliphatic carbocycles.